The molecule has 3 unspecified atom stereocenters. The number of hydrogen-bond donors (Lipinski definition) is 1. The molecule has 0 aliphatic carbocycles. The molecule has 7 nitrogen and oxygen atoms in total. The monoisotopic (exact) mass is 490 g/mol. The Morgan fingerprint density at radius 1 is 1.03 bits per heavy atom. The van der Waals surface area contributed by atoms with Gasteiger partial charge in [0.25, 0.3) is 5.91 Å². The number of benzene rings is 2. The molecule has 3 aliphatic heterocycles. The quantitative estimate of drug-likeness (QED) is 0.712. The number of aliphatic hydroxyl groups is 1. The number of carbonyl (C=O) groups is 1. The number of morpholine rings is 1. The first kappa shape index (κ1) is 22.8. The Hall–Kier alpha value is -1.97. The van der Waals surface area contributed by atoms with E-state index in [1.54, 1.807) is 12.1 Å². The first-order chi connectivity index (χ1) is 15.8. The zero-order chi connectivity index (χ0) is 23.2. The Balaban J connectivity index is 1.33. The summed E-state index contributed by atoms with van der Waals surface area (Å²) >= 11 is 6.14. The van der Waals surface area contributed by atoms with Crippen LogP contribution >= 0.6 is 11.6 Å². The molecule has 0 saturated carbocycles. The maximum absolute atomic E-state index is 13.5. The van der Waals surface area contributed by atoms with E-state index in [0.717, 1.165) is 18.4 Å². The van der Waals surface area contributed by atoms with E-state index >= 15 is 0 Å². The van der Waals surface area contributed by atoms with E-state index < -0.39 is 21.7 Å². The molecule has 3 atom stereocenters. The van der Waals surface area contributed by atoms with E-state index in [9.17, 15) is 18.3 Å². The number of sulfonamides is 1. The van der Waals surface area contributed by atoms with Crippen molar-refractivity contribution in [1.29, 1.82) is 0 Å². The molecule has 3 heterocycles. The minimum atomic E-state index is -3.85. The van der Waals surface area contributed by atoms with Crippen LogP contribution in [-0.4, -0.2) is 66.5 Å². The topological polar surface area (TPSA) is 87.2 Å². The van der Waals surface area contributed by atoms with E-state index in [-0.39, 0.29) is 47.6 Å². The Bertz CT molecular complexity index is 1130. The summed E-state index contributed by atoms with van der Waals surface area (Å²) in [5.74, 6) is -0.198. The predicted octanol–water partition coefficient (Wildman–Crippen LogP) is 2.77. The lowest BCUT2D eigenvalue weighted by Crippen LogP contribution is -2.58. The van der Waals surface area contributed by atoms with Crippen molar-refractivity contribution in [3.05, 3.63) is 65.2 Å². The Labute approximate surface area is 199 Å². The molecule has 3 saturated heterocycles. The first-order valence-electron chi connectivity index (χ1n) is 11.3. The van der Waals surface area contributed by atoms with Gasteiger partial charge in [0, 0.05) is 38.0 Å². The number of piperidine rings is 1. The van der Waals surface area contributed by atoms with Crippen LogP contribution in [0.15, 0.2) is 59.5 Å². The predicted molar refractivity (Wildman–Crippen MR) is 123 cm³/mol. The number of ether oxygens (including phenoxy) is 1. The Morgan fingerprint density at radius 3 is 2.33 bits per heavy atom. The Kier molecular flexibility index (Phi) is 5.99. The van der Waals surface area contributed by atoms with Crippen LogP contribution in [0.1, 0.15) is 31.2 Å². The van der Waals surface area contributed by atoms with Gasteiger partial charge in [-0.1, -0.05) is 54.1 Å². The van der Waals surface area contributed by atoms with Crippen LogP contribution < -0.4 is 0 Å². The van der Waals surface area contributed by atoms with E-state index in [2.05, 4.69) is 0 Å². The molecule has 2 aromatic carbocycles. The maximum atomic E-state index is 13.5. The van der Waals surface area contributed by atoms with Crippen molar-refractivity contribution in [3.63, 3.8) is 0 Å². The van der Waals surface area contributed by atoms with Gasteiger partial charge in [-0.25, -0.2) is 8.42 Å². The normalized spacial score (nSPS) is 30.4. The largest absolute Gasteiger partial charge is 0.385 e. The minimum Gasteiger partial charge on any atom is -0.385 e. The number of halogens is 1. The van der Waals surface area contributed by atoms with Crippen LogP contribution in [0.25, 0.3) is 0 Å². The smallest absolute Gasteiger partial charge is 0.253 e. The molecule has 0 aromatic heterocycles. The molecule has 3 aliphatic rings. The summed E-state index contributed by atoms with van der Waals surface area (Å²) < 4.78 is 33.4. The van der Waals surface area contributed by atoms with Gasteiger partial charge in [-0.15, -0.1) is 0 Å². The molecular formula is C24H27ClN2O5S. The van der Waals surface area contributed by atoms with Crippen LogP contribution in [0.5, 0.6) is 0 Å². The lowest BCUT2D eigenvalue weighted by Gasteiger charge is -2.45. The molecule has 0 spiro atoms. The number of fused-ring (bicyclic) bond motifs is 2. The van der Waals surface area contributed by atoms with Crippen LogP contribution in [0.2, 0.25) is 5.02 Å². The third-order valence-electron chi connectivity index (χ3n) is 7.09. The lowest BCUT2D eigenvalue weighted by molar-refractivity contribution is -0.157. The Morgan fingerprint density at radius 2 is 1.67 bits per heavy atom. The fourth-order valence-corrected chi connectivity index (χ4v) is 7.44. The van der Waals surface area contributed by atoms with Gasteiger partial charge in [-0.2, -0.15) is 4.31 Å². The summed E-state index contributed by atoms with van der Waals surface area (Å²) in [6.07, 6.45) is 1.70. The van der Waals surface area contributed by atoms with Crippen molar-refractivity contribution in [2.24, 2.45) is 0 Å². The van der Waals surface area contributed by atoms with Gasteiger partial charge in [0.05, 0.1) is 17.2 Å². The van der Waals surface area contributed by atoms with Crippen LogP contribution in [0.3, 0.4) is 0 Å². The maximum Gasteiger partial charge on any atom is 0.253 e. The highest BCUT2D eigenvalue weighted by atomic mass is 35.5. The van der Waals surface area contributed by atoms with Gasteiger partial charge in [-0.05, 0) is 30.5 Å². The van der Waals surface area contributed by atoms with Crippen LogP contribution in [0.4, 0.5) is 0 Å². The highest BCUT2D eigenvalue weighted by molar-refractivity contribution is 7.89. The summed E-state index contributed by atoms with van der Waals surface area (Å²) in [5, 5.41) is 11.5. The van der Waals surface area contributed by atoms with Gasteiger partial charge in [0.15, 0.2) is 0 Å². The minimum absolute atomic E-state index is 0.0331. The number of hydrogen-bond acceptors (Lipinski definition) is 5. The molecule has 2 aromatic rings. The van der Waals surface area contributed by atoms with Gasteiger partial charge in [-0.3, -0.25) is 4.79 Å². The average Bonchev–Trinajstić information content (AvgIpc) is 3.11. The molecule has 0 radical (unpaired) electrons. The second-order valence-electron chi connectivity index (χ2n) is 9.09. The van der Waals surface area contributed by atoms with Crippen molar-refractivity contribution in [2.75, 3.05) is 19.7 Å². The van der Waals surface area contributed by atoms with Crippen molar-refractivity contribution >= 4 is 27.5 Å². The molecular weight excluding hydrogens is 464 g/mol. The number of rotatable bonds is 4. The van der Waals surface area contributed by atoms with E-state index in [1.165, 1.54) is 16.4 Å². The SMILES string of the molecule is O=C(C1CN(S(=O)(=O)c2ccccc2Cl)CCO1)N1C2CCC1CC(O)(c1ccccc1)C2. The molecule has 5 rings (SSSR count). The zero-order valence-electron chi connectivity index (χ0n) is 18.1. The molecule has 33 heavy (non-hydrogen) atoms. The molecule has 1 amide bonds. The molecule has 3 fully saturated rings. The van der Waals surface area contributed by atoms with Gasteiger partial charge >= 0.3 is 0 Å². The molecule has 1 N–H and O–H groups in total. The first-order valence-corrected chi connectivity index (χ1v) is 13.1. The standard InChI is InChI=1S/C24H27ClN2O5S/c25-20-8-4-5-9-22(20)33(30,31)26-12-13-32-21(16-26)23(28)27-18-10-11-19(27)15-24(29,14-18)17-6-2-1-3-7-17/h1-9,18-19,21,29H,10-16H2. The fraction of sp³-hybridized carbons (Fsp3) is 0.458. The number of nitrogens with zero attached hydrogens (tertiary/aromatic N) is 2. The third kappa shape index (κ3) is 4.08. The average molecular weight is 491 g/mol. The molecule has 176 valence electrons. The summed E-state index contributed by atoms with van der Waals surface area (Å²) in [6.45, 7) is 0.250. The van der Waals surface area contributed by atoms with E-state index in [0.29, 0.717) is 12.8 Å². The summed E-state index contributed by atoms with van der Waals surface area (Å²) in [6, 6.07) is 15.7. The van der Waals surface area contributed by atoms with Gasteiger partial charge < -0.3 is 14.7 Å². The summed E-state index contributed by atoms with van der Waals surface area (Å²) in [4.78, 5) is 15.4. The third-order valence-corrected chi connectivity index (χ3v) is 9.46. The van der Waals surface area contributed by atoms with Gasteiger partial charge in [0.1, 0.15) is 11.0 Å². The number of amides is 1. The van der Waals surface area contributed by atoms with E-state index in [4.69, 9.17) is 16.3 Å². The number of carbonyl (C=O) groups excluding carboxylic acids is 1. The van der Waals surface area contributed by atoms with Crippen LogP contribution in [0, 0.1) is 0 Å². The van der Waals surface area contributed by atoms with Crippen LogP contribution in [-0.2, 0) is 25.2 Å². The van der Waals surface area contributed by atoms with Crippen molar-refractivity contribution in [1.82, 2.24) is 9.21 Å². The second-order valence-corrected chi connectivity index (χ2v) is 11.4. The zero-order valence-corrected chi connectivity index (χ0v) is 19.7. The summed E-state index contributed by atoms with van der Waals surface area (Å²) in [5.41, 5.74) is -0.0866. The molecule has 9 heteroatoms. The highest BCUT2D eigenvalue weighted by Crippen LogP contribution is 2.46. The van der Waals surface area contributed by atoms with Crippen molar-refractivity contribution in [2.45, 2.75) is 54.4 Å². The fourth-order valence-electron chi connectivity index (χ4n) is 5.52. The van der Waals surface area contributed by atoms with Crippen molar-refractivity contribution < 1.29 is 23.1 Å². The van der Waals surface area contributed by atoms with Gasteiger partial charge in [0.2, 0.25) is 10.0 Å². The van der Waals surface area contributed by atoms with E-state index in [1.807, 2.05) is 35.2 Å². The lowest BCUT2D eigenvalue weighted by atomic mass is 9.80. The highest BCUT2D eigenvalue weighted by Gasteiger charge is 2.51. The summed E-state index contributed by atoms with van der Waals surface area (Å²) in [7, 11) is -3.85. The molecule has 2 bridgehead atoms. The second kappa shape index (κ2) is 8.67. The van der Waals surface area contributed by atoms with Crippen molar-refractivity contribution in [3.8, 4) is 0 Å².